The molecule has 0 aliphatic carbocycles. The SMILES string of the molecule is CCc1ccc([C@H](NC(=O)COC(=O)Cn2c(C)csc2=O)C(C)C)cc1. The molecule has 1 amide bonds. The van der Waals surface area contributed by atoms with Gasteiger partial charge in [0.05, 0.1) is 6.04 Å². The Morgan fingerprint density at radius 1 is 1.22 bits per heavy atom. The summed E-state index contributed by atoms with van der Waals surface area (Å²) >= 11 is 1.03. The number of ether oxygens (including phenoxy) is 1. The average molecular weight is 391 g/mol. The lowest BCUT2D eigenvalue weighted by atomic mass is 9.95. The summed E-state index contributed by atoms with van der Waals surface area (Å²) in [4.78, 5) is 35.6. The molecular formula is C20H26N2O4S. The molecule has 0 saturated carbocycles. The summed E-state index contributed by atoms with van der Waals surface area (Å²) in [5.74, 6) is -0.790. The highest BCUT2D eigenvalue weighted by atomic mass is 32.1. The number of benzene rings is 1. The number of hydrogen-bond donors (Lipinski definition) is 1. The first-order chi connectivity index (χ1) is 12.8. The molecule has 2 aromatic rings. The van der Waals surface area contributed by atoms with Crippen LogP contribution < -0.4 is 10.2 Å². The number of nitrogens with one attached hydrogen (secondary N) is 1. The zero-order valence-electron chi connectivity index (χ0n) is 16.2. The Morgan fingerprint density at radius 2 is 1.89 bits per heavy atom. The maximum absolute atomic E-state index is 12.2. The van der Waals surface area contributed by atoms with Crippen LogP contribution in [0.15, 0.2) is 34.4 Å². The molecule has 6 nitrogen and oxygen atoms in total. The van der Waals surface area contributed by atoms with E-state index in [1.54, 1.807) is 12.3 Å². The van der Waals surface area contributed by atoms with Crippen LogP contribution in [0.25, 0.3) is 0 Å². The lowest BCUT2D eigenvalue weighted by Crippen LogP contribution is -2.35. The first-order valence-corrected chi connectivity index (χ1v) is 9.88. The normalized spacial score (nSPS) is 12.0. The summed E-state index contributed by atoms with van der Waals surface area (Å²) in [5, 5.41) is 4.60. The molecule has 0 saturated heterocycles. The molecule has 27 heavy (non-hydrogen) atoms. The van der Waals surface area contributed by atoms with E-state index < -0.39 is 5.97 Å². The first kappa shape index (κ1) is 20.9. The van der Waals surface area contributed by atoms with Crippen molar-refractivity contribution in [2.24, 2.45) is 5.92 Å². The molecule has 1 aromatic carbocycles. The minimum atomic E-state index is -0.609. The van der Waals surface area contributed by atoms with Crippen LogP contribution in [-0.4, -0.2) is 23.1 Å². The van der Waals surface area contributed by atoms with Crippen LogP contribution in [0.2, 0.25) is 0 Å². The van der Waals surface area contributed by atoms with Gasteiger partial charge in [0.1, 0.15) is 6.54 Å². The number of amides is 1. The van der Waals surface area contributed by atoms with Gasteiger partial charge in [-0.05, 0) is 30.4 Å². The van der Waals surface area contributed by atoms with Crippen LogP contribution in [0, 0.1) is 12.8 Å². The largest absolute Gasteiger partial charge is 0.454 e. The van der Waals surface area contributed by atoms with Crippen molar-refractivity contribution in [2.75, 3.05) is 6.61 Å². The van der Waals surface area contributed by atoms with Crippen LogP contribution in [0.4, 0.5) is 0 Å². The van der Waals surface area contributed by atoms with E-state index in [0.29, 0.717) is 5.69 Å². The summed E-state index contributed by atoms with van der Waals surface area (Å²) in [6.07, 6.45) is 0.960. The molecule has 7 heteroatoms. The predicted octanol–water partition coefficient (Wildman–Crippen LogP) is 2.84. The molecule has 0 radical (unpaired) electrons. The van der Waals surface area contributed by atoms with Crippen LogP contribution in [-0.2, 0) is 27.3 Å². The summed E-state index contributed by atoms with van der Waals surface area (Å²) < 4.78 is 6.36. The van der Waals surface area contributed by atoms with Crippen molar-refractivity contribution in [2.45, 2.75) is 46.7 Å². The number of hydrogen-bond acceptors (Lipinski definition) is 5. The quantitative estimate of drug-likeness (QED) is 0.703. The van der Waals surface area contributed by atoms with Crippen molar-refractivity contribution in [3.8, 4) is 0 Å². The molecule has 0 bridgehead atoms. The molecule has 0 aliphatic heterocycles. The van der Waals surface area contributed by atoms with E-state index in [1.807, 2.05) is 26.0 Å². The van der Waals surface area contributed by atoms with E-state index >= 15 is 0 Å². The third-order valence-corrected chi connectivity index (χ3v) is 5.24. The van der Waals surface area contributed by atoms with Crippen molar-refractivity contribution >= 4 is 23.2 Å². The van der Waals surface area contributed by atoms with E-state index in [-0.39, 0.29) is 35.9 Å². The van der Waals surface area contributed by atoms with Gasteiger partial charge in [-0.1, -0.05) is 56.4 Å². The number of aryl methyl sites for hydroxylation is 2. The molecule has 1 aromatic heterocycles. The molecule has 1 atom stereocenters. The Balaban J connectivity index is 1.91. The summed E-state index contributed by atoms with van der Waals surface area (Å²) in [6.45, 7) is 7.33. The number of esters is 1. The maximum Gasteiger partial charge on any atom is 0.326 e. The van der Waals surface area contributed by atoms with Gasteiger partial charge >= 0.3 is 10.8 Å². The van der Waals surface area contributed by atoms with Gasteiger partial charge in [0, 0.05) is 11.1 Å². The van der Waals surface area contributed by atoms with Crippen LogP contribution in [0.3, 0.4) is 0 Å². The Labute approximate surface area is 163 Å². The van der Waals surface area contributed by atoms with Gasteiger partial charge in [0.15, 0.2) is 6.61 Å². The van der Waals surface area contributed by atoms with Crippen LogP contribution >= 0.6 is 11.3 Å². The van der Waals surface area contributed by atoms with Crippen LogP contribution in [0.5, 0.6) is 0 Å². The standard InChI is InChI=1S/C20H26N2O4S/c1-5-15-6-8-16(9-7-15)19(13(2)3)21-17(23)11-26-18(24)10-22-14(4)12-27-20(22)25/h6-9,12-13,19H,5,10-11H2,1-4H3,(H,21,23)/t19-/m1/s1. The molecular weight excluding hydrogens is 364 g/mol. The Morgan fingerprint density at radius 3 is 2.41 bits per heavy atom. The number of aromatic nitrogens is 1. The maximum atomic E-state index is 12.2. The minimum Gasteiger partial charge on any atom is -0.454 e. The molecule has 2 rings (SSSR count). The fourth-order valence-corrected chi connectivity index (χ4v) is 3.46. The zero-order valence-corrected chi connectivity index (χ0v) is 17.0. The summed E-state index contributed by atoms with van der Waals surface area (Å²) in [6, 6.07) is 7.97. The third-order valence-electron chi connectivity index (χ3n) is 4.36. The van der Waals surface area contributed by atoms with Gasteiger partial charge in [-0.25, -0.2) is 0 Å². The fourth-order valence-electron chi connectivity index (χ4n) is 2.73. The number of carbonyl (C=O) groups is 2. The lowest BCUT2D eigenvalue weighted by molar-refractivity contribution is -0.149. The average Bonchev–Trinajstić information content (AvgIpc) is 2.96. The molecule has 1 heterocycles. The van der Waals surface area contributed by atoms with E-state index in [2.05, 4.69) is 24.4 Å². The second kappa shape index (κ2) is 9.50. The third kappa shape index (κ3) is 5.79. The van der Waals surface area contributed by atoms with E-state index in [4.69, 9.17) is 4.74 Å². The van der Waals surface area contributed by atoms with Crippen molar-refractivity contribution < 1.29 is 14.3 Å². The molecule has 0 fully saturated rings. The van der Waals surface area contributed by atoms with E-state index in [0.717, 1.165) is 23.3 Å². The highest BCUT2D eigenvalue weighted by Crippen LogP contribution is 2.22. The predicted molar refractivity (Wildman–Crippen MR) is 106 cm³/mol. The van der Waals surface area contributed by atoms with Crippen molar-refractivity contribution in [1.29, 1.82) is 0 Å². The van der Waals surface area contributed by atoms with E-state index in [9.17, 15) is 14.4 Å². The van der Waals surface area contributed by atoms with Gasteiger partial charge in [0.25, 0.3) is 5.91 Å². The molecule has 1 N–H and O–H groups in total. The molecule has 0 unspecified atom stereocenters. The second-order valence-electron chi connectivity index (χ2n) is 6.77. The van der Waals surface area contributed by atoms with Crippen LogP contribution in [0.1, 0.15) is 43.6 Å². The topological polar surface area (TPSA) is 77.4 Å². The van der Waals surface area contributed by atoms with Gasteiger partial charge in [0.2, 0.25) is 0 Å². The lowest BCUT2D eigenvalue weighted by Gasteiger charge is -2.23. The second-order valence-corrected chi connectivity index (χ2v) is 7.59. The Bertz CT molecular complexity index is 836. The number of thiazole rings is 1. The van der Waals surface area contributed by atoms with Crippen molar-refractivity contribution in [1.82, 2.24) is 9.88 Å². The Hall–Kier alpha value is -2.41. The zero-order chi connectivity index (χ0) is 20.0. The molecule has 0 spiro atoms. The van der Waals surface area contributed by atoms with Gasteiger partial charge in [-0.15, -0.1) is 0 Å². The number of rotatable bonds is 8. The summed E-state index contributed by atoms with van der Waals surface area (Å²) in [7, 11) is 0. The first-order valence-electron chi connectivity index (χ1n) is 9.00. The Kier molecular flexibility index (Phi) is 7.36. The molecule has 146 valence electrons. The minimum absolute atomic E-state index is 0.163. The fraction of sp³-hybridized carbons (Fsp3) is 0.450. The van der Waals surface area contributed by atoms with Gasteiger partial charge < -0.3 is 10.1 Å². The van der Waals surface area contributed by atoms with Gasteiger partial charge in [-0.2, -0.15) is 0 Å². The summed E-state index contributed by atoms with van der Waals surface area (Å²) in [5.41, 5.74) is 2.95. The van der Waals surface area contributed by atoms with Crippen molar-refractivity contribution in [3.05, 3.63) is 56.1 Å². The number of nitrogens with zero attached hydrogens (tertiary/aromatic N) is 1. The van der Waals surface area contributed by atoms with E-state index in [1.165, 1.54) is 10.1 Å². The molecule has 0 aliphatic rings. The van der Waals surface area contributed by atoms with Crippen molar-refractivity contribution in [3.63, 3.8) is 0 Å². The monoisotopic (exact) mass is 390 g/mol. The highest BCUT2D eigenvalue weighted by Gasteiger charge is 2.19. The smallest absolute Gasteiger partial charge is 0.326 e. The highest BCUT2D eigenvalue weighted by molar-refractivity contribution is 7.07. The number of carbonyl (C=O) groups excluding carboxylic acids is 2. The van der Waals surface area contributed by atoms with Gasteiger partial charge in [-0.3, -0.25) is 19.0 Å².